The Balaban J connectivity index is 3.39. The molecule has 0 aliphatic carbocycles. The lowest BCUT2D eigenvalue weighted by Crippen LogP contribution is -2.45. The van der Waals surface area contributed by atoms with Gasteiger partial charge in [0.15, 0.2) is 0 Å². The lowest BCUT2D eigenvalue weighted by Gasteiger charge is -2.20. The van der Waals surface area contributed by atoms with Crippen molar-refractivity contribution in [2.45, 2.75) is 437 Å². The largest absolute Gasteiger partial charge is 0.466 e. The zero-order valence-corrected chi connectivity index (χ0v) is 56.9. The van der Waals surface area contributed by atoms with E-state index in [1.54, 1.807) is 6.08 Å². The summed E-state index contributed by atoms with van der Waals surface area (Å²) >= 11 is 0. The van der Waals surface area contributed by atoms with Gasteiger partial charge in [-0.2, -0.15) is 0 Å². The fourth-order valence-corrected chi connectivity index (χ4v) is 12.0. The van der Waals surface area contributed by atoms with E-state index < -0.39 is 12.1 Å². The first-order valence-corrected chi connectivity index (χ1v) is 38.3. The van der Waals surface area contributed by atoms with Gasteiger partial charge in [-0.3, -0.25) is 9.59 Å². The third-order valence-electron chi connectivity index (χ3n) is 17.9. The maximum atomic E-state index is 12.5. The van der Waals surface area contributed by atoms with Crippen molar-refractivity contribution in [2.24, 2.45) is 0 Å². The Morgan fingerprint density at radius 3 is 0.845 bits per heavy atom. The molecular weight excluding hydrogens is 1030 g/mol. The summed E-state index contributed by atoms with van der Waals surface area (Å²) in [4.78, 5) is 24.6. The van der Waals surface area contributed by atoms with E-state index in [0.29, 0.717) is 19.4 Å². The summed E-state index contributed by atoms with van der Waals surface area (Å²) in [6.07, 6.45) is 95.3. The molecule has 0 heterocycles. The molecule has 0 saturated heterocycles. The minimum absolute atomic E-state index is 0.00951. The molecule has 0 aromatic rings. The third-order valence-corrected chi connectivity index (χ3v) is 17.9. The molecule has 0 rings (SSSR count). The Bertz CT molecular complexity index is 1360. The molecule has 0 radical (unpaired) electrons. The molecule has 0 aromatic heterocycles. The molecule has 2 unspecified atom stereocenters. The molecule has 6 nitrogen and oxygen atoms in total. The summed E-state index contributed by atoms with van der Waals surface area (Å²) in [5.41, 5.74) is 0. The molecule has 496 valence electrons. The Hall–Kier alpha value is -1.92. The van der Waals surface area contributed by atoms with Crippen molar-refractivity contribution in [3.8, 4) is 0 Å². The molecule has 3 N–H and O–H groups in total. The van der Waals surface area contributed by atoms with Crippen LogP contribution >= 0.6 is 0 Å². The molecule has 84 heavy (non-hydrogen) atoms. The van der Waals surface area contributed by atoms with Crippen LogP contribution in [0.5, 0.6) is 0 Å². The monoisotopic (exact) mass is 1180 g/mol. The van der Waals surface area contributed by atoms with E-state index in [9.17, 15) is 19.8 Å². The molecule has 0 aromatic carbocycles. The smallest absolute Gasteiger partial charge is 0.305 e. The Morgan fingerprint density at radius 1 is 0.321 bits per heavy atom. The number of amides is 1. The van der Waals surface area contributed by atoms with Gasteiger partial charge in [-0.25, -0.2) is 0 Å². The van der Waals surface area contributed by atoms with E-state index in [-0.39, 0.29) is 18.5 Å². The summed E-state index contributed by atoms with van der Waals surface area (Å²) in [5, 5.41) is 23.3. The number of unbranched alkanes of at least 4 members (excludes halogenated alkanes) is 57. The second kappa shape index (κ2) is 73.5. The van der Waals surface area contributed by atoms with Gasteiger partial charge in [-0.15, -0.1) is 0 Å². The molecule has 6 heteroatoms. The summed E-state index contributed by atoms with van der Waals surface area (Å²) in [6.45, 7) is 4.94. The number of allylic oxidation sites excluding steroid dienone is 5. The highest BCUT2D eigenvalue weighted by Gasteiger charge is 2.18. The van der Waals surface area contributed by atoms with E-state index in [4.69, 9.17) is 4.74 Å². The van der Waals surface area contributed by atoms with E-state index >= 15 is 0 Å². The summed E-state index contributed by atoms with van der Waals surface area (Å²) < 4.78 is 5.49. The van der Waals surface area contributed by atoms with Gasteiger partial charge in [-0.1, -0.05) is 365 Å². The van der Waals surface area contributed by atoms with Gasteiger partial charge in [0.05, 0.1) is 25.4 Å². The van der Waals surface area contributed by atoms with Crippen molar-refractivity contribution in [3.63, 3.8) is 0 Å². The number of aliphatic hydroxyl groups is 2. The van der Waals surface area contributed by atoms with Crippen molar-refractivity contribution in [2.75, 3.05) is 13.2 Å². The molecule has 1 amide bonds. The highest BCUT2D eigenvalue weighted by molar-refractivity contribution is 5.76. The molecule has 0 aliphatic heterocycles. The number of carbonyl (C=O) groups is 2. The van der Waals surface area contributed by atoms with Crippen LogP contribution < -0.4 is 5.32 Å². The van der Waals surface area contributed by atoms with Crippen LogP contribution in [0, 0.1) is 0 Å². The Morgan fingerprint density at radius 2 is 0.560 bits per heavy atom. The van der Waals surface area contributed by atoms with Crippen molar-refractivity contribution >= 4 is 11.9 Å². The molecule has 0 aliphatic rings. The lowest BCUT2D eigenvalue weighted by atomic mass is 10.0. The van der Waals surface area contributed by atoms with E-state index in [1.807, 2.05) is 6.08 Å². The van der Waals surface area contributed by atoms with Crippen molar-refractivity contribution < 1.29 is 24.5 Å². The highest BCUT2D eigenvalue weighted by atomic mass is 16.5. The third kappa shape index (κ3) is 69.2. The van der Waals surface area contributed by atoms with Crippen molar-refractivity contribution in [1.82, 2.24) is 5.32 Å². The molecule has 0 fully saturated rings. The van der Waals surface area contributed by atoms with Crippen LogP contribution in [-0.4, -0.2) is 47.4 Å². The molecule has 2 atom stereocenters. The average Bonchev–Trinajstić information content (AvgIpc) is 3.51. The Labute approximate surface area is 525 Å². The maximum absolute atomic E-state index is 12.5. The van der Waals surface area contributed by atoms with Crippen LogP contribution in [-0.2, 0) is 14.3 Å². The fraction of sp³-hybridized carbons (Fsp3) is 0.897. The van der Waals surface area contributed by atoms with E-state index in [0.717, 1.165) is 44.9 Å². The molecule has 0 bridgehead atoms. The predicted molar refractivity (Wildman–Crippen MR) is 370 cm³/mol. The predicted octanol–water partition coefficient (Wildman–Crippen LogP) is 25.0. The van der Waals surface area contributed by atoms with Crippen LogP contribution in [0.2, 0.25) is 0 Å². The van der Waals surface area contributed by atoms with Gasteiger partial charge in [0.25, 0.3) is 0 Å². The van der Waals surface area contributed by atoms with Crippen LogP contribution in [0.25, 0.3) is 0 Å². The van der Waals surface area contributed by atoms with E-state index in [1.165, 1.54) is 353 Å². The Kier molecular flexibility index (Phi) is 71.9. The number of hydrogen-bond donors (Lipinski definition) is 3. The number of hydrogen-bond acceptors (Lipinski definition) is 5. The second-order valence-corrected chi connectivity index (χ2v) is 26.3. The summed E-state index contributed by atoms with van der Waals surface area (Å²) in [7, 11) is 0. The second-order valence-electron chi connectivity index (χ2n) is 26.3. The van der Waals surface area contributed by atoms with Gasteiger partial charge in [0.1, 0.15) is 0 Å². The van der Waals surface area contributed by atoms with E-state index in [2.05, 4.69) is 43.5 Å². The first kappa shape index (κ1) is 82.1. The van der Waals surface area contributed by atoms with Crippen molar-refractivity contribution in [3.05, 3.63) is 36.5 Å². The van der Waals surface area contributed by atoms with Crippen molar-refractivity contribution in [1.29, 1.82) is 0 Å². The van der Waals surface area contributed by atoms with Gasteiger partial charge >= 0.3 is 5.97 Å². The lowest BCUT2D eigenvalue weighted by molar-refractivity contribution is -0.143. The minimum atomic E-state index is -0.845. The zero-order chi connectivity index (χ0) is 60.6. The molecular formula is C78H149NO5. The van der Waals surface area contributed by atoms with Crippen LogP contribution in [0.15, 0.2) is 36.5 Å². The summed E-state index contributed by atoms with van der Waals surface area (Å²) in [6, 6.07) is -0.628. The van der Waals surface area contributed by atoms with Gasteiger partial charge in [-0.05, 0) is 83.5 Å². The number of aliphatic hydroxyl groups excluding tert-OH is 2. The van der Waals surface area contributed by atoms with Gasteiger partial charge < -0.3 is 20.3 Å². The number of nitrogens with one attached hydrogen (secondary N) is 1. The quantitative estimate of drug-likeness (QED) is 0.0320. The normalized spacial score (nSPS) is 12.7. The average molecular weight is 1180 g/mol. The number of rotatable bonds is 72. The first-order valence-electron chi connectivity index (χ1n) is 38.3. The van der Waals surface area contributed by atoms with Gasteiger partial charge in [0.2, 0.25) is 5.91 Å². The molecule has 0 spiro atoms. The topological polar surface area (TPSA) is 95.9 Å². The summed E-state index contributed by atoms with van der Waals surface area (Å²) in [5.74, 6) is -0.0527. The fourth-order valence-electron chi connectivity index (χ4n) is 12.0. The first-order chi connectivity index (χ1) is 41.5. The number of carbonyl (C=O) groups excluding carboxylic acids is 2. The highest BCUT2D eigenvalue weighted by Crippen LogP contribution is 2.19. The minimum Gasteiger partial charge on any atom is -0.466 e. The zero-order valence-electron chi connectivity index (χ0n) is 56.9. The van der Waals surface area contributed by atoms with Crippen LogP contribution in [0.4, 0.5) is 0 Å². The van der Waals surface area contributed by atoms with Crippen LogP contribution in [0.1, 0.15) is 425 Å². The van der Waals surface area contributed by atoms with Gasteiger partial charge in [0, 0.05) is 12.8 Å². The standard InChI is InChI=1S/C78H149NO5/c1-3-5-7-9-11-13-15-17-19-20-21-22-33-36-39-43-46-50-54-58-62-66-70-76(81)75(74-80)79-77(82)71-67-63-59-55-51-47-44-40-37-34-31-29-27-25-23-24-26-28-30-32-35-38-41-45-49-53-57-61-65-69-73-84-78(83)72-68-64-60-56-52-48-42-18-16-14-12-10-8-6-4-2/h18,24,26,42,66,70,75-76,80-81H,3-17,19-23,25,27-41,43-65,67-69,71-74H2,1-2H3,(H,79,82)/b26-24-,42-18-,70-66+. The molecule has 0 saturated carbocycles. The van der Waals surface area contributed by atoms with Crippen LogP contribution in [0.3, 0.4) is 0 Å². The maximum Gasteiger partial charge on any atom is 0.305 e. The SMILES string of the molecule is CCCCCCCC/C=C\CCCCCCCC(=O)OCCCCCCCCCCCCCC/C=C\CCCCCCCCCCCCCCCCC(=O)NC(CO)C(O)/C=C/CCCCCCCCCCCCCCCCCCCCCC. The number of esters is 1. The number of ether oxygens (including phenoxy) is 1.